The van der Waals surface area contributed by atoms with E-state index in [0.717, 1.165) is 31.7 Å². The molecule has 1 aliphatic heterocycles. The summed E-state index contributed by atoms with van der Waals surface area (Å²) in [5.74, 6) is 1.53. The summed E-state index contributed by atoms with van der Waals surface area (Å²) in [5, 5.41) is 6.53. The van der Waals surface area contributed by atoms with Crippen LogP contribution in [0.1, 0.15) is 18.9 Å². The summed E-state index contributed by atoms with van der Waals surface area (Å²) in [4.78, 5) is 17.7. The van der Waals surface area contributed by atoms with Crippen LogP contribution in [0, 0.1) is 0 Å². The monoisotopic (exact) mass is 362 g/mol. The number of ether oxygens (including phenoxy) is 2. The zero-order chi connectivity index (χ0) is 18.8. The first kappa shape index (κ1) is 20.0. The lowest BCUT2D eigenvalue weighted by Crippen LogP contribution is -2.43. The van der Waals surface area contributed by atoms with E-state index in [1.807, 2.05) is 25.1 Å². The maximum absolute atomic E-state index is 11.8. The van der Waals surface area contributed by atoms with Crippen molar-refractivity contribution in [2.75, 3.05) is 46.9 Å². The molecule has 0 aromatic heterocycles. The Labute approximate surface area is 155 Å². The Balaban J connectivity index is 1.82. The molecular formula is C19H30N4O3. The summed E-state index contributed by atoms with van der Waals surface area (Å²) < 4.78 is 11.3. The lowest BCUT2D eigenvalue weighted by molar-refractivity contribution is -0.127. The van der Waals surface area contributed by atoms with Gasteiger partial charge in [-0.3, -0.25) is 4.79 Å². The molecule has 0 radical (unpaired) electrons. The number of nitrogens with zero attached hydrogens (tertiary/aromatic N) is 2. The molecule has 7 nitrogen and oxygen atoms in total. The number of amides is 1. The van der Waals surface area contributed by atoms with Crippen LogP contribution < -0.4 is 15.4 Å². The first-order valence-electron chi connectivity index (χ1n) is 9.14. The molecule has 0 saturated carbocycles. The number of carbonyl (C=O) groups excluding carboxylic acids is 1. The highest BCUT2D eigenvalue weighted by molar-refractivity contribution is 5.84. The smallest absolute Gasteiger partial charge is 0.243 e. The minimum atomic E-state index is -0.0371. The van der Waals surface area contributed by atoms with Crippen molar-refractivity contribution in [1.82, 2.24) is 15.5 Å². The third kappa shape index (κ3) is 6.55. The number of guanidine groups is 1. The van der Waals surface area contributed by atoms with Crippen molar-refractivity contribution in [3.8, 4) is 5.75 Å². The van der Waals surface area contributed by atoms with Crippen LogP contribution in [0.3, 0.4) is 0 Å². The average molecular weight is 362 g/mol. The number of rotatable bonds is 9. The number of carbonyl (C=O) groups is 1. The molecule has 1 aliphatic rings. The van der Waals surface area contributed by atoms with Crippen molar-refractivity contribution in [3.05, 3.63) is 29.8 Å². The minimum Gasteiger partial charge on any atom is -0.488 e. The molecule has 0 aliphatic carbocycles. The molecule has 144 valence electrons. The number of benzene rings is 1. The van der Waals surface area contributed by atoms with Gasteiger partial charge in [-0.05, 0) is 25.0 Å². The molecule has 0 fully saturated rings. The standard InChI is InChI=1S/C19H30N4O3/c1-4-25-11-7-10-20-19(22-14-18(24)23(2)3)21-13-16-12-15-8-5-6-9-17(15)26-16/h5-6,8-9,16H,4,7,10-14H2,1-3H3,(H2,20,21,22). The van der Waals surface area contributed by atoms with Gasteiger partial charge in [-0.2, -0.15) is 0 Å². The molecule has 0 spiro atoms. The highest BCUT2D eigenvalue weighted by Gasteiger charge is 2.22. The van der Waals surface area contributed by atoms with Crippen LogP contribution in [-0.4, -0.2) is 69.8 Å². The summed E-state index contributed by atoms with van der Waals surface area (Å²) >= 11 is 0. The number of likely N-dealkylation sites (N-methyl/N-ethyl adjacent to an activating group) is 1. The molecule has 7 heteroatoms. The van der Waals surface area contributed by atoms with Crippen molar-refractivity contribution in [1.29, 1.82) is 0 Å². The van der Waals surface area contributed by atoms with Crippen molar-refractivity contribution >= 4 is 11.9 Å². The molecule has 1 amide bonds. The van der Waals surface area contributed by atoms with Gasteiger partial charge in [0, 0.05) is 40.3 Å². The van der Waals surface area contributed by atoms with E-state index in [9.17, 15) is 4.79 Å². The van der Waals surface area contributed by atoms with E-state index < -0.39 is 0 Å². The number of para-hydroxylation sites is 1. The Morgan fingerprint density at radius 2 is 2.15 bits per heavy atom. The number of nitrogens with one attached hydrogen (secondary N) is 2. The lowest BCUT2D eigenvalue weighted by atomic mass is 10.1. The topological polar surface area (TPSA) is 75.2 Å². The summed E-state index contributed by atoms with van der Waals surface area (Å²) in [6, 6.07) is 8.09. The second-order valence-corrected chi connectivity index (χ2v) is 6.36. The maximum Gasteiger partial charge on any atom is 0.243 e. The Bertz CT molecular complexity index is 579. The van der Waals surface area contributed by atoms with Crippen molar-refractivity contribution in [2.24, 2.45) is 4.99 Å². The number of fused-ring (bicyclic) bond motifs is 1. The Kier molecular flexibility index (Phi) is 8.21. The first-order chi connectivity index (χ1) is 12.6. The Morgan fingerprint density at radius 3 is 2.88 bits per heavy atom. The fourth-order valence-corrected chi connectivity index (χ4v) is 2.57. The average Bonchev–Trinajstić information content (AvgIpc) is 3.05. The van der Waals surface area contributed by atoms with Gasteiger partial charge in [0.2, 0.25) is 5.91 Å². The normalized spacial score (nSPS) is 16.0. The quantitative estimate of drug-likeness (QED) is 0.390. The first-order valence-corrected chi connectivity index (χ1v) is 9.14. The van der Waals surface area contributed by atoms with Crippen LogP contribution in [-0.2, 0) is 16.0 Å². The molecule has 2 rings (SSSR count). The van der Waals surface area contributed by atoms with Crippen molar-refractivity contribution in [3.63, 3.8) is 0 Å². The van der Waals surface area contributed by atoms with E-state index in [1.165, 1.54) is 10.5 Å². The van der Waals surface area contributed by atoms with E-state index >= 15 is 0 Å². The highest BCUT2D eigenvalue weighted by atomic mass is 16.5. The van der Waals surface area contributed by atoms with Crippen LogP contribution >= 0.6 is 0 Å². The minimum absolute atomic E-state index is 0.0371. The highest BCUT2D eigenvalue weighted by Crippen LogP contribution is 2.27. The fraction of sp³-hybridized carbons (Fsp3) is 0.579. The molecule has 1 aromatic rings. The van der Waals surface area contributed by atoms with Gasteiger partial charge in [0.25, 0.3) is 0 Å². The predicted molar refractivity (Wildman–Crippen MR) is 103 cm³/mol. The molecule has 2 N–H and O–H groups in total. The number of hydrogen-bond donors (Lipinski definition) is 2. The van der Waals surface area contributed by atoms with E-state index in [1.54, 1.807) is 14.1 Å². The third-order valence-corrected chi connectivity index (χ3v) is 4.04. The molecule has 0 saturated heterocycles. The summed E-state index contributed by atoms with van der Waals surface area (Å²) in [6.45, 7) is 4.87. The SMILES string of the molecule is CCOCCCNC(=NCC(=O)N(C)C)NCC1Cc2ccccc2O1. The van der Waals surface area contributed by atoms with Gasteiger partial charge in [0.05, 0.1) is 6.54 Å². The van der Waals surface area contributed by atoms with Gasteiger partial charge < -0.3 is 25.0 Å². The van der Waals surface area contributed by atoms with Crippen LogP contribution in [0.2, 0.25) is 0 Å². The lowest BCUT2D eigenvalue weighted by Gasteiger charge is -2.16. The zero-order valence-electron chi connectivity index (χ0n) is 16.0. The largest absolute Gasteiger partial charge is 0.488 e. The zero-order valence-corrected chi connectivity index (χ0v) is 16.0. The van der Waals surface area contributed by atoms with Crippen LogP contribution in [0.4, 0.5) is 0 Å². The second-order valence-electron chi connectivity index (χ2n) is 6.36. The van der Waals surface area contributed by atoms with Crippen LogP contribution in [0.5, 0.6) is 5.75 Å². The molecule has 1 atom stereocenters. The van der Waals surface area contributed by atoms with Gasteiger partial charge in [0.15, 0.2) is 5.96 Å². The maximum atomic E-state index is 11.8. The number of aliphatic imine (C=N–C) groups is 1. The second kappa shape index (κ2) is 10.7. The van der Waals surface area contributed by atoms with Gasteiger partial charge in [-0.25, -0.2) is 4.99 Å². The summed E-state index contributed by atoms with van der Waals surface area (Å²) in [6.07, 6.45) is 1.81. The molecule has 1 heterocycles. The van der Waals surface area contributed by atoms with E-state index in [-0.39, 0.29) is 18.6 Å². The molecule has 1 aromatic carbocycles. The van der Waals surface area contributed by atoms with E-state index in [4.69, 9.17) is 9.47 Å². The fourth-order valence-electron chi connectivity index (χ4n) is 2.57. The van der Waals surface area contributed by atoms with Crippen LogP contribution in [0.25, 0.3) is 0 Å². The van der Waals surface area contributed by atoms with Gasteiger partial charge >= 0.3 is 0 Å². The Hall–Kier alpha value is -2.28. The van der Waals surface area contributed by atoms with E-state index in [0.29, 0.717) is 19.1 Å². The predicted octanol–water partition coefficient (Wildman–Crippen LogP) is 1.04. The Morgan fingerprint density at radius 1 is 1.35 bits per heavy atom. The van der Waals surface area contributed by atoms with Crippen molar-refractivity contribution in [2.45, 2.75) is 25.9 Å². The van der Waals surface area contributed by atoms with Gasteiger partial charge in [-0.1, -0.05) is 18.2 Å². The molecular weight excluding hydrogens is 332 g/mol. The summed E-state index contributed by atoms with van der Waals surface area (Å²) in [5.41, 5.74) is 1.23. The van der Waals surface area contributed by atoms with Crippen molar-refractivity contribution < 1.29 is 14.3 Å². The molecule has 0 bridgehead atoms. The number of hydrogen-bond acceptors (Lipinski definition) is 4. The van der Waals surface area contributed by atoms with Gasteiger partial charge in [0.1, 0.15) is 18.4 Å². The van der Waals surface area contributed by atoms with Crippen LogP contribution in [0.15, 0.2) is 29.3 Å². The van der Waals surface area contributed by atoms with E-state index in [2.05, 4.69) is 21.7 Å². The molecule has 1 unspecified atom stereocenters. The molecule has 26 heavy (non-hydrogen) atoms. The third-order valence-electron chi connectivity index (χ3n) is 4.04. The van der Waals surface area contributed by atoms with Gasteiger partial charge in [-0.15, -0.1) is 0 Å². The summed E-state index contributed by atoms with van der Waals surface area (Å²) in [7, 11) is 3.45.